The molecule has 3 aromatic carbocycles. The number of carbonyl (C=O) groups is 4. The van der Waals surface area contributed by atoms with Gasteiger partial charge >= 0.3 is 12.2 Å². The highest BCUT2D eigenvalue weighted by Crippen LogP contribution is 2.48. The number of anilines is 1. The molecule has 4 N–H and O–H groups in total. The largest absolute Gasteiger partial charge is 0.453 e. The Bertz CT molecular complexity index is 2390. The van der Waals surface area contributed by atoms with Crippen molar-refractivity contribution in [3.8, 4) is 0 Å². The summed E-state index contributed by atoms with van der Waals surface area (Å²) in [6, 6.07) is 20.2. The van der Waals surface area contributed by atoms with Crippen LogP contribution in [0.2, 0.25) is 0 Å². The summed E-state index contributed by atoms with van der Waals surface area (Å²) < 4.78 is 9.66. The molecule has 3 aliphatic heterocycles. The third-order valence-corrected chi connectivity index (χ3v) is 13.7. The van der Waals surface area contributed by atoms with Gasteiger partial charge in [0.15, 0.2) is 0 Å². The predicted octanol–water partition coefficient (Wildman–Crippen LogP) is 8.91. The Morgan fingerprint density at radius 2 is 1.06 bits per heavy atom. The van der Waals surface area contributed by atoms with Crippen molar-refractivity contribution in [3.05, 3.63) is 89.0 Å². The molecule has 0 aliphatic carbocycles. The number of methoxy groups -OCH3 is 2. The molecule has 5 heterocycles. The van der Waals surface area contributed by atoms with Gasteiger partial charge in [-0.05, 0) is 109 Å². The number of hydrogen-bond acceptors (Lipinski definition) is 9. The number of H-pyrrole nitrogens is 2. The van der Waals surface area contributed by atoms with Gasteiger partial charge in [-0.3, -0.25) is 9.59 Å². The lowest BCUT2D eigenvalue weighted by Crippen LogP contribution is -2.51. The molecule has 2 unspecified atom stereocenters. The van der Waals surface area contributed by atoms with E-state index in [9.17, 15) is 19.2 Å². The van der Waals surface area contributed by atoms with E-state index >= 15 is 0 Å². The Morgan fingerprint density at radius 3 is 1.45 bits per heavy atom. The molecule has 8 rings (SSSR count). The highest BCUT2D eigenvalue weighted by Gasteiger charge is 2.40. The first-order chi connectivity index (χ1) is 31.1. The Kier molecular flexibility index (Phi) is 12.9. The van der Waals surface area contributed by atoms with Crippen LogP contribution in [-0.4, -0.2) is 93.1 Å². The SMILES string of the molecule is COC(=O)N[C@H](C(=O)N1CCC[C@H]1c1nc2ccc(C3CCC(c4ccc5nc([C@@H]6CCCN6C(=O)[C@@H](NC(=O)OC)C(C)C)[nH]c5c4)N3c3ccc(C(C)(C)C)cc3)cc2[nH]1)C(C)C. The number of imidazole rings is 2. The van der Waals surface area contributed by atoms with Crippen LogP contribution in [0.4, 0.5) is 15.3 Å². The number of nitrogens with zero attached hydrogens (tertiary/aromatic N) is 5. The van der Waals surface area contributed by atoms with Gasteiger partial charge in [-0.1, -0.05) is 72.7 Å². The van der Waals surface area contributed by atoms with E-state index in [0.29, 0.717) is 13.1 Å². The zero-order chi connectivity index (χ0) is 46.3. The Morgan fingerprint density at radius 1 is 0.631 bits per heavy atom. The Hall–Kier alpha value is -6.12. The fourth-order valence-electron chi connectivity index (χ4n) is 10.2. The smallest absolute Gasteiger partial charge is 0.407 e. The Balaban J connectivity index is 1.09. The van der Waals surface area contributed by atoms with Crippen LogP contribution in [-0.2, 0) is 24.5 Å². The first-order valence-electron chi connectivity index (χ1n) is 23.2. The lowest BCUT2D eigenvalue weighted by atomic mass is 9.87. The molecule has 3 saturated heterocycles. The molecule has 15 heteroatoms. The van der Waals surface area contributed by atoms with Gasteiger partial charge in [0, 0.05) is 18.8 Å². The van der Waals surface area contributed by atoms with Crippen molar-refractivity contribution in [1.82, 2.24) is 40.4 Å². The average Bonchev–Trinajstić information content (AvgIpc) is 4.14. The van der Waals surface area contributed by atoms with Gasteiger partial charge in [-0.25, -0.2) is 19.6 Å². The van der Waals surface area contributed by atoms with Crippen molar-refractivity contribution in [1.29, 1.82) is 0 Å². The number of aromatic amines is 2. The maximum absolute atomic E-state index is 13.9. The summed E-state index contributed by atoms with van der Waals surface area (Å²) in [5.74, 6) is 0.984. The summed E-state index contributed by atoms with van der Waals surface area (Å²) in [6.07, 6.45) is 3.84. The van der Waals surface area contributed by atoms with E-state index in [2.05, 4.69) is 107 Å². The minimum absolute atomic E-state index is 0.00913. The van der Waals surface area contributed by atoms with Crippen LogP contribution in [0.1, 0.15) is 139 Å². The molecule has 4 amide bonds. The second-order valence-corrected chi connectivity index (χ2v) is 19.7. The van der Waals surface area contributed by atoms with Gasteiger partial charge in [-0.2, -0.15) is 0 Å². The highest BCUT2D eigenvalue weighted by molar-refractivity contribution is 5.87. The van der Waals surface area contributed by atoms with Crippen LogP contribution in [0, 0.1) is 11.8 Å². The fraction of sp³-hybridized carbons (Fsp3) is 0.520. The van der Waals surface area contributed by atoms with Crippen LogP contribution in [0.25, 0.3) is 22.1 Å². The molecule has 3 aliphatic rings. The first kappa shape index (κ1) is 45.4. The highest BCUT2D eigenvalue weighted by atomic mass is 16.5. The summed E-state index contributed by atoms with van der Waals surface area (Å²) >= 11 is 0. The van der Waals surface area contributed by atoms with Crippen molar-refractivity contribution < 1.29 is 28.7 Å². The first-order valence-corrected chi connectivity index (χ1v) is 23.2. The summed E-state index contributed by atoms with van der Waals surface area (Å²) in [5, 5.41) is 5.49. The van der Waals surface area contributed by atoms with Gasteiger partial charge < -0.3 is 44.8 Å². The minimum atomic E-state index is -0.706. The van der Waals surface area contributed by atoms with Gasteiger partial charge in [0.2, 0.25) is 11.8 Å². The van der Waals surface area contributed by atoms with E-state index in [1.165, 1.54) is 30.9 Å². The van der Waals surface area contributed by atoms with E-state index in [1.807, 2.05) is 37.5 Å². The van der Waals surface area contributed by atoms with Crippen LogP contribution in [0.15, 0.2) is 60.7 Å². The van der Waals surface area contributed by atoms with E-state index in [4.69, 9.17) is 19.4 Å². The van der Waals surface area contributed by atoms with E-state index in [0.717, 1.165) is 77.9 Å². The number of likely N-dealkylation sites (tertiary alicyclic amines) is 2. The van der Waals surface area contributed by atoms with Crippen LogP contribution in [0.5, 0.6) is 0 Å². The second-order valence-electron chi connectivity index (χ2n) is 19.7. The number of benzene rings is 3. The zero-order valence-electron chi connectivity index (χ0n) is 39.2. The van der Waals surface area contributed by atoms with Crippen molar-refractivity contribution in [2.24, 2.45) is 11.8 Å². The molecule has 6 atom stereocenters. The number of ether oxygens (including phenoxy) is 2. The average molecular weight is 888 g/mol. The van der Waals surface area contributed by atoms with E-state index < -0.39 is 24.3 Å². The molecule has 5 aromatic rings. The van der Waals surface area contributed by atoms with E-state index in [1.54, 1.807) is 0 Å². The normalized spacial score (nSPS) is 21.1. The Labute approximate surface area is 381 Å². The lowest BCUT2D eigenvalue weighted by molar-refractivity contribution is -0.136. The zero-order valence-corrected chi connectivity index (χ0v) is 39.2. The van der Waals surface area contributed by atoms with Crippen LogP contribution < -0.4 is 15.5 Å². The molecule has 2 aromatic heterocycles. The number of alkyl carbamates (subject to hydrolysis) is 2. The maximum Gasteiger partial charge on any atom is 0.407 e. The topological polar surface area (TPSA) is 178 Å². The number of rotatable bonds is 11. The number of fused-ring (bicyclic) bond motifs is 2. The standard InChI is InChI=1S/C50H65N9O6/c1-28(2)42(55-48(62)64-8)46(60)57-24-10-12-40(57)44-51-34-20-14-30(26-36(34)53-44)38-22-23-39(59(38)33-18-16-32(17-19-33)50(5,6)7)31-15-21-35-37(27-31)54-45(52-35)41-13-11-25-58(41)47(61)43(29(3)4)56-49(63)65-9/h14-21,26-29,38-43H,10-13,22-25H2,1-9H3,(H,51,53)(H,52,54)(H,55,62)(H,56,63)/t38?,39?,40-,41-,42-,43-/m0/s1. The molecule has 15 nitrogen and oxygen atoms in total. The number of carbonyl (C=O) groups excluding carboxylic acids is 4. The van der Waals surface area contributed by atoms with Gasteiger partial charge in [0.25, 0.3) is 0 Å². The monoisotopic (exact) mass is 888 g/mol. The molecule has 65 heavy (non-hydrogen) atoms. The van der Waals surface area contributed by atoms with Gasteiger partial charge in [-0.15, -0.1) is 0 Å². The summed E-state index contributed by atoms with van der Waals surface area (Å²) in [4.78, 5) is 75.6. The molecular weight excluding hydrogens is 823 g/mol. The summed E-state index contributed by atoms with van der Waals surface area (Å²) in [5.41, 5.74) is 8.29. The molecular formula is C50H65N9O6. The quantitative estimate of drug-likeness (QED) is 0.101. The third kappa shape index (κ3) is 9.11. The summed E-state index contributed by atoms with van der Waals surface area (Å²) in [6.45, 7) is 15.5. The number of amides is 4. The number of nitrogens with one attached hydrogen (secondary N) is 4. The molecule has 0 saturated carbocycles. The second kappa shape index (κ2) is 18.4. The van der Waals surface area contributed by atoms with Gasteiger partial charge in [0.05, 0.1) is 60.5 Å². The van der Waals surface area contributed by atoms with Crippen LogP contribution in [0.3, 0.4) is 0 Å². The lowest BCUT2D eigenvalue weighted by Gasteiger charge is -2.34. The van der Waals surface area contributed by atoms with Crippen molar-refractivity contribution in [2.75, 3.05) is 32.2 Å². The van der Waals surface area contributed by atoms with Gasteiger partial charge in [0.1, 0.15) is 23.7 Å². The van der Waals surface area contributed by atoms with E-state index in [-0.39, 0.29) is 53.2 Å². The molecule has 0 bridgehead atoms. The number of hydrogen-bond donors (Lipinski definition) is 4. The molecule has 346 valence electrons. The van der Waals surface area contributed by atoms with Crippen molar-refractivity contribution in [3.63, 3.8) is 0 Å². The van der Waals surface area contributed by atoms with Crippen molar-refractivity contribution >= 4 is 51.8 Å². The maximum atomic E-state index is 13.9. The number of aromatic nitrogens is 4. The summed E-state index contributed by atoms with van der Waals surface area (Å²) in [7, 11) is 2.60. The fourth-order valence-corrected chi connectivity index (χ4v) is 10.2. The third-order valence-electron chi connectivity index (χ3n) is 13.7. The van der Waals surface area contributed by atoms with Crippen LogP contribution >= 0.6 is 0 Å². The molecule has 3 fully saturated rings. The predicted molar refractivity (Wildman–Crippen MR) is 250 cm³/mol. The molecule has 0 spiro atoms. The molecule has 0 radical (unpaired) electrons. The van der Waals surface area contributed by atoms with Crippen molar-refractivity contribution in [2.45, 2.75) is 129 Å². The minimum Gasteiger partial charge on any atom is -0.453 e.